The van der Waals surface area contributed by atoms with Gasteiger partial charge >= 0.3 is 23.9 Å². The quantitative estimate of drug-likeness (QED) is 0.0370. The van der Waals surface area contributed by atoms with Gasteiger partial charge in [0.05, 0.1) is 82.5 Å². The molecule has 2 heterocycles. The van der Waals surface area contributed by atoms with Gasteiger partial charge in [0, 0.05) is 23.2 Å². The fraction of sp³-hybridized carbons (Fsp3) is 0.509. The van der Waals surface area contributed by atoms with E-state index in [2.05, 4.69) is 33.5 Å². The lowest BCUT2D eigenvalue weighted by Gasteiger charge is -2.43. The molecular formula is C53H76N6O9S+4. The molecule has 6 atom stereocenters. The molecule has 2 amide bonds. The smallest absolute Gasteiger partial charge is 0.372 e. The molecule has 16 heteroatoms. The molecule has 69 heavy (non-hydrogen) atoms. The van der Waals surface area contributed by atoms with Gasteiger partial charge in [-0.3, -0.25) is 14.4 Å². The van der Waals surface area contributed by atoms with E-state index in [9.17, 15) is 28.8 Å². The van der Waals surface area contributed by atoms with Gasteiger partial charge in [0.25, 0.3) is 5.91 Å². The number of likely N-dealkylation sites (N-methyl/N-ethyl adjacent to an activating group) is 2. The van der Waals surface area contributed by atoms with Gasteiger partial charge in [-0.1, -0.05) is 60.7 Å². The Balaban J connectivity index is 0.000000267. The maximum Gasteiger partial charge on any atom is 0.372 e. The molecule has 374 valence electrons. The van der Waals surface area contributed by atoms with E-state index in [0.717, 1.165) is 81.4 Å². The van der Waals surface area contributed by atoms with Crippen LogP contribution in [0.2, 0.25) is 0 Å². The topological polar surface area (TPSA) is 163 Å². The summed E-state index contributed by atoms with van der Waals surface area (Å²) in [4.78, 5) is 84.1. The summed E-state index contributed by atoms with van der Waals surface area (Å²) in [6.45, 7) is 7.57. The van der Waals surface area contributed by atoms with E-state index < -0.39 is 58.0 Å². The van der Waals surface area contributed by atoms with E-state index in [1.54, 1.807) is 20.1 Å². The summed E-state index contributed by atoms with van der Waals surface area (Å²) in [6.07, 6.45) is 5.17. The Labute approximate surface area is 412 Å². The number of β-lactam (4-membered cyclic amide) rings is 1. The summed E-state index contributed by atoms with van der Waals surface area (Å²) < 4.78 is 15.3. The van der Waals surface area contributed by atoms with Gasteiger partial charge < -0.3 is 44.0 Å². The van der Waals surface area contributed by atoms with Crippen molar-refractivity contribution in [3.8, 4) is 5.75 Å². The van der Waals surface area contributed by atoms with Crippen molar-refractivity contribution in [3.63, 3.8) is 0 Å². The molecule has 0 spiro atoms. The maximum atomic E-state index is 13.3. The lowest BCUT2D eigenvalue weighted by Crippen LogP contribution is -3.11. The highest BCUT2D eigenvalue weighted by Crippen LogP contribution is 2.51. The monoisotopic (exact) mass is 973 g/mol. The van der Waals surface area contributed by atoms with Crippen LogP contribution in [0.1, 0.15) is 81.1 Å². The molecule has 2 fully saturated rings. The number of esters is 4. The number of fused-ring (bicyclic) bond motifs is 3. The van der Waals surface area contributed by atoms with E-state index in [4.69, 9.17) is 14.2 Å². The van der Waals surface area contributed by atoms with Gasteiger partial charge in [-0.15, -0.1) is 11.8 Å². The highest BCUT2D eigenvalue weighted by molar-refractivity contribution is 8.01. The number of rotatable bonds is 20. The molecule has 2 aliphatic rings. The fourth-order valence-electron chi connectivity index (χ4n) is 8.97. The van der Waals surface area contributed by atoms with Crippen molar-refractivity contribution in [2.24, 2.45) is 0 Å². The standard InChI is InChI=1S/C29H38N4O5S.C24H34N2O4/c1-29(2)23(28(37)38-27(36)21(32(5)6)16-9-10-17-31(3)4)33-25(35)22(26(33)39-29)30-24(34)20-15-11-13-18-12-7-8-14-19(18)20;1-17(18-10-11-20-16-21(29-6)13-12-19(20)15-18)23(27)30-24(28)22(26(4)5)9-7-8-14-25(2)3/h7-8,11-15,21-23,26H,9-10,16-17H2,1-6H3,(H,30,34);10-13,15-17,22H,7-9,14H2,1-6H3/p+4/t21?,22-,23+,26-;17-,22?/m10/s1. The number of unbranched alkanes of at least 4 members (excludes halogenated alkanes) is 2. The van der Waals surface area contributed by atoms with Gasteiger partial charge in [-0.25, -0.2) is 14.4 Å². The summed E-state index contributed by atoms with van der Waals surface area (Å²) in [7, 11) is 17.7. The van der Waals surface area contributed by atoms with Crippen LogP contribution >= 0.6 is 11.8 Å². The molecule has 2 unspecified atom stereocenters. The molecule has 0 saturated carbocycles. The number of thioether (sulfide) groups is 1. The van der Waals surface area contributed by atoms with Gasteiger partial charge in [0.15, 0.2) is 12.1 Å². The molecular weight excluding hydrogens is 897 g/mol. The fourth-order valence-corrected chi connectivity index (χ4v) is 10.6. The Morgan fingerprint density at radius 3 is 1.86 bits per heavy atom. The third kappa shape index (κ3) is 13.9. The van der Waals surface area contributed by atoms with Crippen LogP contribution in [0.3, 0.4) is 0 Å². The Bertz CT molecular complexity index is 2450. The van der Waals surface area contributed by atoms with Gasteiger partial charge in [0.1, 0.15) is 23.2 Å². The average molecular weight is 973 g/mol. The van der Waals surface area contributed by atoms with Crippen LogP contribution in [0.15, 0.2) is 78.9 Å². The first-order valence-corrected chi connectivity index (χ1v) is 25.1. The van der Waals surface area contributed by atoms with Crippen molar-refractivity contribution in [3.05, 3.63) is 90.0 Å². The molecule has 0 aromatic heterocycles. The summed E-state index contributed by atoms with van der Waals surface area (Å²) in [5.74, 6) is -2.62. The molecule has 2 saturated heterocycles. The largest absolute Gasteiger partial charge is 0.497 e. The van der Waals surface area contributed by atoms with Gasteiger partial charge in [0.2, 0.25) is 5.91 Å². The van der Waals surface area contributed by atoms with Crippen LogP contribution in [-0.4, -0.2) is 151 Å². The van der Waals surface area contributed by atoms with Crippen molar-refractivity contribution < 1.29 is 62.6 Å². The number of amides is 2. The van der Waals surface area contributed by atoms with E-state index in [1.165, 1.54) is 26.5 Å². The average Bonchev–Trinajstić information content (AvgIpc) is 3.56. The second-order valence-corrected chi connectivity index (χ2v) is 21.8. The number of hydrogen-bond acceptors (Lipinski definition) is 10. The first-order valence-electron chi connectivity index (χ1n) is 24.2. The zero-order valence-electron chi connectivity index (χ0n) is 42.7. The van der Waals surface area contributed by atoms with E-state index in [1.807, 2.05) is 115 Å². The van der Waals surface area contributed by atoms with Crippen LogP contribution in [-0.2, 0) is 33.4 Å². The van der Waals surface area contributed by atoms with Crippen molar-refractivity contribution >= 4 is 69.0 Å². The Morgan fingerprint density at radius 1 is 0.696 bits per heavy atom. The summed E-state index contributed by atoms with van der Waals surface area (Å²) in [5, 5.41) is 6.25. The van der Waals surface area contributed by atoms with Gasteiger partial charge in [-0.2, -0.15) is 0 Å². The number of ether oxygens (including phenoxy) is 3. The highest BCUT2D eigenvalue weighted by atomic mass is 32.2. The second-order valence-electron chi connectivity index (χ2n) is 20.1. The molecule has 15 nitrogen and oxygen atoms in total. The van der Waals surface area contributed by atoms with Crippen molar-refractivity contribution in [2.75, 3.05) is 76.6 Å². The van der Waals surface area contributed by atoms with Crippen molar-refractivity contribution in [1.82, 2.24) is 10.2 Å². The number of benzene rings is 4. The Hall–Kier alpha value is -5.39. The van der Waals surface area contributed by atoms with E-state index in [0.29, 0.717) is 18.4 Å². The molecule has 5 N–H and O–H groups in total. The number of methoxy groups -OCH3 is 1. The van der Waals surface area contributed by atoms with Crippen LogP contribution in [0.25, 0.3) is 21.5 Å². The summed E-state index contributed by atoms with van der Waals surface area (Å²) in [5.41, 5.74) is 1.32. The zero-order chi connectivity index (χ0) is 50.7. The summed E-state index contributed by atoms with van der Waals surface area (Å²) >= 11 is 1.44. The first kappa shape index (κ1) is 54.5. The van der Waals surface area contributed by atoms with E-state index in [-0.39, 0.29) is 17.9 Å². The molecule has 0 aliphatic carbocycles. The van der Waals surface area contributed by atoms with Crippen molar-refractivity contribution in [2.45, 2.75) is 99.5 Å². The van der Waals surface area contributed by atoms with Crippen LogP contribution in [0, 0.1) is 0 Å². The number of hydrogen-bond donors (Lipinski definition) is 5. The number of quaternary nitrogens is 4. The minimum absolute atomic E-state index is 0.331. The van der Waals surface area contributed by atoms with E-state index >= 15 is 0 Å². The maximum absolute atomic E-state index is 13.3. The normalized spacial score (nSPS) is 18.6. The lowest BCUT2D eigenvalue weighted by atomic mass is 9.95. The molecule has 0 bridgehead atoms. The summed E-state index contributed by atoms with van der Waals surface area (Å²) in [6, 6.07) is 22.2. The van der Waals surface area contributed by atoms with Crippen LogP contribution in [0.4, 0.5) is 0 Å². The third-order valence-corrected chi connectivity index (χ3v) is 14.7. The van der Waals surface area contributed by atoms with Crippen LogP contribution in [0.5, 0.6) is 5.75 Å². The number of nitrogens with one attached hydrogen (secondary N) is 5. The zero-order valence-corrected chi connectivity index (χ0v) is 43.5. The predicted octanol–water partition coefficient (Wildman–Crippen LogP) is 0.748. The molecule has 0 radical (unpaired) electrons. The predicted molar refractivity (Wildman–Crippen MR) is 269 cm³/mol. The number of carbonyl (C=O) groups is 6. The van der Waals surface area contributed by atoms with Crippen LogP contribution < -0.4 is 29.7 Å². The third-order valence-electron chi connectivity index (χ3n) is 13.1. The number of nitrogens with zero attached hydrogens (tertiary/aromatic N) is 1. The minimum atomic E-state index is -0.912. The van der Waals surface area contributed by atoms with Gasteiger partial charge in [-0.05, 0) is 91.8 Å². The molecule has 2 aliphatic heterocycles. The lowest BCUT2D eigenvalue weighted by molar-refractivity contribution is -0.877. The second kappa shape index (κ2) is 24.4. The minimum Gasteiger partial charge on any atom is -0.497 e. The SMILES string of the molecule is COc1ccc2cc([C@H](C)C(=O)OC(=O)C(CCCC[NH+](C)C)[NH+](C)C)ccc2c1.C[NH+](C)CCCCC(C(=O)OC(=O)[C@@H]1N2C(=O)[C@@H](NC(=O)c3cccc4ccccc34)[C@H]2SC1(C)C)[NH+](C)C. The molecule has 4 aromatic carbocycles. The highest BCUT2D eigenvalue weighted by Gasteiger charge is 2.65. The van der Waals surface area contributed by atoms with Crippen molar-refractivity contribution in [1.29, 1.82) is 0 Å². The number of carbonyl (C=O) groups excluding carboxylic acids is 6. The molecule has 6 rings (SSSR count). The Morgan fingerprint density at radius 2 is 1.26 bits per heavy atom. The first-order chi connectivity index (χ1) is 32.6. The Kier molecular flexibility index (Phi) is 19.3. The molecule has 4 aromatic rings.